The molecule has 4 rings (SSSR count). The largest absolute Gasteiger partial charge is 0.497 e. The van der Waals surface area contributed by atoms with Crippen LogP contribution in [-0.2, 0) is 6.54 Å². The number of nitrogens with zero attached hydrogens (tertiary/aromatic N) is 2. The lowest BCUT2D eigenvalue weighted by molar-refractivity contribution is 0.172. The van der Waals surface area contributed by atoms with E-state index in [0.717, 1.165) is 35.3 Å². The molecule has 180 valence electrons. The lowest BCUT2D eigenvalue weighted by atomic mass is 10.1. The van der Waals surface area contributed by atoms with Gasteiger partial charge in [0.1, 0.15) is 19.0 Å². The van der Waals surface area contributed by atoms with E-state index < -0.39 is 0 Å². The van der Waals surface area contributed by atoms with Crippen molar-refractivity contribution in [1.82, 2.24) is 14.8 Å². The van der Waals surface area contributed by atoms with Crippen LogP contribution >= 0.6 is 12.2 Å². The maximum Gasteiger partial charge on any atom is 0.253 e. The topological polar surface area (TPSA) is 79.1 Å². The average molecular weight is 483 g/mol. The molecule has 8 nitrogen and oxygen atoms in total. The Morgan fingerprint density at radius 2 is 1.79 bits per heavy atom. The standard InChI is InChI=1S/C25H30N4O4S/c1-28(2)9-4-10-29(25(34)26-19-5-7-20(31-3)8-6-19)16-18-13-17-14-22-23(33-12-11-32-22)15-21(17)27-24(18)30/h5-8,13-15H,4,9-12,16H2,1-3H3,(H,26,34)(H,27,30). The molecule has 0 saturated heterocycles. The molecule has 1 aliphatic heterocycles. The molecule has 0 aliphatic carbocycles. The third-order valence-corrected chi connectivity index (χ3v) is 5.97. The molecule has 0 fully saturated rings. The molecule has 3 aromatic rings. The zero-order chi connectivity index (χ0) is 24.1. The Bertz CT molecular complexity index is 1210. The number of rotatable bonds is 8. The molecular formula is C25H30N4O4S. The van der Waals surface area contributed by atoms with Crippen LogP contribution in [0.15, 0.2) is 47.3 Å². The van der Waals surface area contributed by atoms with Crippen LogP contribution in [0.3, 0.4) is 0 Å². The number of methoxy groups -OCH3 is 1. The van der Waals surface area contributed by atoms with E-state index in [1.165, 1.54) is 0 Å². The number of pyridine rings is 1. The molecule has 0 saturated carbocycles. The SMILES string of the molecule is COc1ccc(NC(=S)N(CCCN(C)C)Cc2cc3cc4c(cc3[nH]c2=O)OCCO4)cc1. The van der Waals surface area contributed by atoms with Gasteiger partial charge in [-0.1, -0.05) is 0 Å². The zero-order valence-electron chi connectivity index (χ0n) is 19.7. The predicted molar refractivity (Wildman–Crippen MR) is 138 cm³/mol. The summed E-state index contributed by atoms with van der Waals surface area (Å²) in [5.74, 6) is 2.12. The maximum absolute atomic E-state index is 12.9. The van der Waals surface area contributed by atoms with Gasteiger partial charge >= 0.3 is 0 Å². The van der Waals surface area contributed by atoms with Crippen molar-refractivity contribution < 1.29 is 14.2 Å². The molecule has 0 spiro atoms. The summed E-state index contributed by atoms with van der Waals surface area (Å²) in [6, 6.07) is 13.2. The number of thiocarbonyl (C=S) groups is 1. The summed E-state index contributed by atoms with van der Waals surface area (Å²) < 4.78 is 16.6. The number of H-pyrrole nitrogens is 1. The highest BCUT2D eigenvalue weighted by Crippen LogP contribution is 2.33. The minimum Gasteiger partial charge on any atom is -0.497 e. The number of hydrogen-bond donors (Lipinski definition) is 2. The summed E-state index contributed by atoms with van der Waals surface area (Å²) in [5, 5.41) is 4.74. The van der Waals surface area contributed by atoms with Gasteiger partial charge in [-0.15, -0.1) is 0 Å². The number of aromatic nitrogens is 1. The lowest BCUT2D eigenvalue weighted by Gasteiger charge is -2.26. The second kappa shape index (κ2) is 10.8. The highest BCUT2D eigenvalue weighted by Gasteiger charge is 2.17. The quantitative estimate of drug-likeness (QED) is 0.473. The van der Waals surface area contributed by atoms with Crippen LogP contribution < -0.4 is 25.1 Å². The molecule has 2 heterocycles. The van der Waals surface area contributed by atoms with E-state index in [-0.39, 0.29) is 5.56 Å². The van der Waals surface area contributed by atoms with Gasteiger partial charge in [0.05, 0.1) is 19.2 Å². The van der Waals surface area contributed by atoms with E-state index in [0.29, 0.717) is 48.5 Å². The van der Waals surface area contributed by atoms with Crippen LogP contribution in [0.25, 0.3) is 10.9 Å². The van der Waals surface area contributed by atoms with Gasteiger partial charge in [0.25, 0.3) is 5.56 Å². The average Bonchev–Trinajstić information content (AvgIpc) is 2.82. The summed E-state index contributed by atoms with van der Waals surface area (Å²) in [4.78, 5) is 20.1. The fraction of sp³-hybridized carbons (Fsp3) is 0.360. The molecule has 9 heteroatoms. The number of ether oxygens (including phenoxy) is 3. The fourth-order valence-corrected chi connectivity index (χ4v) is 4.09. The molecule has 2 aromatic carbocycles. The second-order valence-corrected chi connectivity index (χ2v) is 8.83. The molecular weight excluding hydrogens is 452 g/mol. The van der Waals surface area contributed by atoms with Gasteiger partial charge in [-0.3, -0.25) is 4.79 Å². The summed E-state index contributed by atoms with van der Waals surface area (Å²) in [5.41, 5.74) is 2.07. The Balaban J connectivity index is 1.57. The molecule has 0 atom stereocenters. The number of nitrogens with one attached hydrogen (secondary N) is 2. The van der Waals surface area contributed by atoms with Crippen molar-refractivity contribution in [1.29, 1.82) is 0 Å². The minimum atomic E-state index is -0.144. The van der Waals surface area contributed by atoms with E-state index >= 15 is 0 Å². The van der Waals surface area contributed by atoms with Crippen LogP contribution in [0.5, 0.6) is 17.2 Å². The molecule has 2 N–H and O–H groups in total. The van der Waals surface area contributed by atoms with Crippen molar-refractivity contribution in [3.05, 3.63) is 58.4 Å². The van der Waals surface area contributed by atoms with Gasteiger partial charge in [0.15, 0.2) is 16.6 Å². The number of benzene rings is 2. The summed E-state index contributed by atoms with van der Waals surface area (Å²) in [7, 11) is 5.72. The number of fused-ring (bicyclic) bond motifs is 2. The van der Waals surface area contributed by atoms with Crippen molar-refractivity contribution in [3.63, 3.8) is 0 Å². The Hall–Kier alpha value is -3.30. The first-order valence-electron chi connectivity index (χ1n) is 11.2. The summed E-state index contributed by atoms with van der Waals surface area (Å²) >= 11 is 5.74. The van der Waals surface area contributed by atoms with Gasteiger partial charge in [0.2, 0.25) is 0 Å². The van der Waals surface area contributed by atoms with E-state index in [1.54, 1.807) is 7.11 Å². The van der Waals surface area contributed by atoms with Crippen LogP contribution in [0.4, 0.5) is 5.69 Å². The molecule has 0 bridgehead atoms. The summed E-state index contributed by atoms with van der Waals surface area (Å²) in [6.07, 6.45) is 0.904. The van der Waals surface area contributed by atoms with Gasteiger partial charge in [0, 0.05) is 29.2 Å². The number of aromatic amines is 1. The Labute approximate surface area is 204 Å². The van der Waals surface area contributed by atoms with Crippen LogP contribution in [-0.4, -0.2) is 67.4 Å². The van der Waals surface area contributed by atoms with Gasteiger partial charge in [-0.25, -0.2) is 0 Å². The molecule has 0 unspecified atom stereocenters. The Morgan fingerprint density at radius 3 is 2.47 bits per heavy atom. The van der Waals surface area contributed by atoms with E-state index in [4.69, 9.17) is 26.4 Å². The second-order valence-electron chi connectivity index (χ2n) is 8.44. The lowest BCUT2D eigenvalue weighted by Crippen LogP contribution is -2.37. The molecule has 0 amide bonds. The zero-order valence-corrected chi connectivity index (χ0v) is 20.5. The Kier molecular flexibility index (Phi) is 7.54. The van der Waals surface area contributed by atoms with Crippen molar-refractivity contribution in [3.8, 4) is 17.2 Å². The van der Waals surface area contributed by atoms with E-state index in [2.05, 4.69) is 15.2 Å². The smallest absolute Gasteiger partial charge is 0.253 e. The first-order chi connectivity index (χ1) is 16.4. The third kappa shape index (κ3) is 5.78. The first kappa shape index (κ1) is 23.8. The normalized spacial score (nSPS) is 12.6. The van der Waals surface area contributed by atoms with E-state index in [1.807, 2.05) is 61.5 Å². The van der Waals surface area contributed by atoms with Crippen molar-refractivity contribution in [2.24, 2.45) is 0 Å². The van der Waals surface area contributed by atoms with Crippen molar-refractivity contribution in [2.45, 2.75) is 13.0 Å². The maximum atomic E-state index is 12.9. The molecule has 1 aliphatic rings. The van der Waals surface area contributed by atoms with Gasteiger partial charge in [-0.2, -0.15) is 0 Å². The van der Waals surface area contributed by atoms with Crippen molar-refractivity contribution in [2.75, 3.05) is 52.8 Å². The fourth-order valence-electron chi connectivity index (χ4n) is 3.82. The molecule has 0 radical (unpaired) electrons. The van der Waals surface area contributed by atoms with Crippen LogP contribution in [0.2, 0.25) is 0 Å². The first-order valence-corrected chi connectivity index (χ1v) is 11.6. The van der Waals surface area contributed by atoms with Gasteiger partial charge in [-0.05, 0) is 75.7 Å². The number of anilines is 1. The third-order valence-electron chi connectivity index (χ3n) is 5.61. The molecule has 1 aromatic heterocycles. The predicted octanol–water partition coefficient (Wildman–Crippen LogP) is 3.46. The molecule has 34 heavy (non-hydrogen) atoms. The highest BCUT2D eigenvalue weighted by molar-refractivity contribution is 7.80. The Morgan fingerprint density at radius 1 is 1.09 bits per heavy atom. The highest BCUT2D eigenvalue weighted by atomic mass is 32.1. The van der Waals surface area contributed by atoms with Crippen LogP contribution in [0, 0.1) is 0 Å². The summed E-state index contributed by atoms with van der Waals surface area (Å²) in [6.45, 7) is 3.02. The van der Waals surface area contributed by atoms with Crippen LogP contribution in [0.1, 0.15) is 12.0 Å². The number of hydrogen-bond acceptors (Lipinski definition) is 6. The van der Waals surface area contributed by atoms with Crippen molar-refractivity contribution >= 4 is 33.9 Å². The van der Waals surface area contributed by atoms with E-state index in [9.17, 15) is 4.79 Å². The monoisotopic (exact) mass is 482 g/mol. The van der Waals surface area contributed by atoms with Gasteiger partial charge < -0.3 is 34.3 Å². The minimum absolute atomic E-state index is 0.144.